The maximum Gasteiger partial charge on any atom is 0.119 e. The lowest BCUT2D eigenvalue weighted by atomic mass is 10.6. The average molecular weight is 135 g/mol. The molecule has 0 aliphatic carbocycles. The largest absolute Gasteiger partial charge is 0.225 e. The molecule has 0 N–H and O–H groups in total. The fourth-order valence-electron chi connectivity index (χ4n) is 0.205. The van der Waals surface area contributed by atoms with Crippen LogP contribution in [0.15, 0.2) is 44.3 Å². The van der Waals surface area contributed by atoms with Crippen LogP contribution >= 0.6 is 0 Å². The van der Waals surface area contributed by atoms with Gasteiger partial charge in [-0.1, -0.05) is 25.3 Å². The summed E-state index contributed by atoms with van der Waals surface area (Å²) in [5.74, 6) is 0. The predicted octanol–water partition coefficient (Wildman–Crippen LogP) is 1.23. The van der Waals surface area contributed by atoms with Crippen LogP contribution in [0, 0.1) is 0 Å². The van der Waals surface area contributed by atoms with Crippen molar-refractivity contribution in [2.24, 2.45) is 0 Å². The van der Waals surface area contributed by atoms with Crippen LogP contribution in [-0.2, 0) is 0 Å². The van der Waals surface area contributed by atoms with Gasteiger partial charge in [-0.25, -0.2) is 15.0 Å². The summed E-state index contributed by atoms with van der Waals surface area (Å²) in [4.78, 5) is 10.7. The lowest BCUT2D eigenvalue weighted by Crippen LogP contribution is -1.73. The fraction of sp³-hybridized carbons (Fsp3) is 0. The van der Waals surface area contributed by atoms with Gasteiger partial charge in [0.1, 0.15) is 19.0 Å². The smallest absolute Gasteiger partial charge is 0.119 e. The minimum absolute atomic E-state index is 1.44. The lowest BCUT2D eigenvalue weighted by molar-refractivity contribution is 1.05. The van der Waals surface area contributed by atoms with Gasteiger partial charge in [-0.3, -0.25) is 0 Å². The zero-order valence-electron chi connectivity index (χ0n) is 5.64. The Morgan fingerprint density at radius 1 is 0.800 bits per heavy atom. The van der Waals surface area contributed by atoms with E-state index in [2.05, 4.69) is 28.1 Å². The first-order valence-corrected chi connectivity index (χ1v) is 2.70. The van der Waals surface area contributed by atoms with E-state index >= 15 is 0 Å². The van der Waals surface area contributed by atoms with Gasteiger partial charge in [-0.15, -0.1) is 0 Å². The molecule has 0 aromatic carbocycles. The van der Waals surface area contributed by atoms with Gasteiger partial charge in [0.15, 0.2) is 0 Å². The minimum Gasteiger partial charge on any atom is -0.225 e. The van der Waals surface area contributed by atoms with Gasteiger partial charge < -0.3 is 0 Å². The van der Waals surface area contributed by atoms with Gasteiger partial charge in [0.2, 0.25) is 0 Å². The Kier molecular flexibility index (Phi) is 6.36. The molecule has 1 rings (SSSR count). The van der Waals surface area contributed by atoms with Crippen molar-refractivity contribution in [3.63, 3.8) is 0 Å². The second-order valence-electron chi connectivity index (χ2n) is 1.27. The van der Waals surface area contributed by atoms with Gasteiger partial charge in [0, 0.05) is 0 Å². The Hall–Kier alpha value is -1.51. The van der Waals surface area contributed by atoms with E-state index < -0.39 is 0 Å². The number of rotatable bonds is 1. The molecule has 10 heavy (non-hydrogen) atoms. The van der Waals surface area contributed by atoms with Crippen molar-refractivity contribution < 1.29 is 0 Å². The zero-order chi connectivity index (χ0) is 7.66. The summed E-state index contributed by atoms with van der Waals surface area (Å²) in [6.07, 6.45) is 7.59. The van der Waals surface area contributed by atoms with Gasteiger partial charge in [0.05, 0.1) is 0 Å². The molecule has 3 nitrogen and oxygen atoms in total. The van der Waals surface area contributed by atoms with Crippen LogP contribution in [0.4, 0.5) is 0 Å². The van der Waals surface area contributed by atoms with Crippen molar-refractivity contribution in [2.75, 3.05) is 0 Å². The summed E-state index contributed by atoms with van der Waals surface area (Å²) in [7, 11) is 0. The fourth-order valence-corrected chi connectivity index (χ4v) is 0.205. The average Bonchev–Trinajstić information content (AvgIpc) is 2.08. The highest BCUT2D eigenvalue weighted by molar-refractivity contribution is 4.88. The normalized spacial score (nSPS) is 6.80. The molecular weight excluding hydrogens is 126 g/mol. The van der Waals surface area contributed by atoms with E-state index in [0.29, 0.717) is 0 Å². The summed E-state index contributed by atoms with van der Waals surface area (Å²) in [6.45, 7) is 6.72. The SMILES string of the molecule is C=CC=C.c1ncncn1. The van der Waals surface area contributed by atoms with Crippen molar-refractivity contribution in [3.05, 3.63) is 44.3 Å². The van der Waals surface area contributed by atoms with Crippen LogP contribution in [0.2, 0.25) is 0 Å². The van der Waals surface area contributed by atoms with Gasteiger partial charge >= 0.3 is 0 Å². The highest BCUT2D eigenvalue weighted by atomic mass is 14.9. The second-order valence-corrected chi connectivity index (χ2v) is 1.27. The van der Waals surface area contributed by atoms with E-state index in [0.717, 1.165) is 0 Å². The molecule has 0 atom stereocenters. The van der Waals surface area contributed by atoms with E-state index in [1.54, 1.807) is 12.2 Å². The third-order valence-corrected chi connectivity index (χ3v) is 0.567. The summed E-state index contributed by atoms with van der Waals surface area (Å²) in [5, 5.41) is 0. The molecule has 1 aromatic heterocycles. The van der Waals surface area contributed by atoms with E-state index in [4.69, 9.17) is 0 Å². The van der Waals surface area contributed by atoms with Gasteiger partial charge in [-0.2, -0.15) is 0 Å². The Balaban J connectivity index is 0.000000180. The molecule has 0 saturated heterocycles. The van der Waals surface area contributed by atoms with Crippen molar-refractivity contribution in [1.82, 2.24) is 15.0 Å². The standard InChI is InChI=1S/C4H6.C3H3N3/c1-3-4-2;1-4-2-6-3-5-1/h3-4H,1-2H2;1-3H. The number of nitrogens with zero attached hydrogens (tertiary/aromatic N) is 3. The Morgan fingerprint density at radius 3 is 1.20 bits per heavy atom. The molecule has 0 amide bonds. The molecule has 0 bridgehead atoms. The van der Waals surface area contributed by atoms with Crippen molar-refractivity contribution in [2.45, 2.75) is 0 Å². The molecule has 52 valence electrons. The van der Waals surface area contributed by atoms with Crippen molar-refractivity contribution >= 4 is 0 Å². The molecule has 3 heteroatoms. The first kappa shape index (κ1) is 8.49. The monoisotopic (exact) mass is 135 g/mol. The molecule has 0 radical (unpaired) electrons. The number of hydrogen-bond acceptors (Lipinski definition) is 3. The molecule has 1 heterocycles. The van der Waals surface area contributed by atoms with Crippen LogP contribution in [-0.4, -0.2) is 15.0 Å². The molecule has 0 aliphatic rings. The van der Waals surface area contributed by atoms with Crippen LogP contribution in [0.1, 0.15) is 0 Å². The summed E-state index contributed by atoms with van der Waals surface area (Å²) >= 11 is 0. The predicted molar refractivity (Wildman–Crippen MR) is 40.2 cm³/mol. The number of aromatic nitrogens is 3. The van der Waals surface area contributed by atoms with E-state index in [1.807, 2.05) is 0 Å². The third-order valence-electron chi connectivity index (χ3n) is 0.567. The van der Waals surface area contributed by atoms with Crippen LogP contribution < -0.4 is 0 Å². The van der Waals surface area contributed by atoms with Gasteiger partial charge in [0.25, 0.3) is 0 Å². The van der Waals surface area contributed by atoms with E-state index in [9.17, 15) is 0 Å². The highest BCUT2D eigenvalue weighted by Gasteiger charge is 1.59. The summed E-state index contributed by atoms with van der Waals surface area (Å²) < 4.78 is 0. The Labute approximate surface area is 60.2 Å². The molecule has 1 aromatic rings. The molecule has 0 spiro atoms. The van der Waals surface area contributed by atoms with Gasteiger partial charge in [-0.05, 0) is 0 Å². The van der Waals surface area contributed by atoms with E-state index in [-0.39, 0.29) is 0 Å². The van der Waals surface area contributed by atoms with E-state index in [1.165, 1.54) is 19.0 Å². The first-order valence-electron chi connectivity index (χ1n) is 2.70. The number of allylic oxidation sites excluding steroid dienone is 2. The molecule has 0 unspecified atom stereocenters. The quantitative estimate of drug-likeness (QED) is 0.543. The number of hydrogen-bond donors (Lipinski definition) is 0. The highest BCUT2D eigenvalue weighted by Crippen LogP contribution is 1.57. The van der Waals surface area contributed by atoms with Crippen LogP contribution in [0.3, 0.4) is 0 Å². The maximum atomic E-state index is 3.56. The Morgan fingerprint density at radius 2 is 1.10 bits per heavy atom. The second kappa shape index (κ2) is 7.49. The minimum atomic E-state index is 1.44. The molecule has 0 saturated carbocycles. The lowest BCUT2D eigenvalue weighted by Gasteiger charge is -1.69. The zero-order valence-corrected chi connectivity index (χ0v) is 5.64. The maximum absolute atomic E-state index is 3.56. The molecular formula is C7H9N3. The topological polar surface area (TPSA) is 38.7 Å². The van der Waals surface area contributed by atoms with Crippen LogP contribution in [0.5, 0.6) is 0 Å². The Bertz CT molecular complexity index is 139. The van der Waals surface area contributed by atoms with Crippen molar-refractivity contribution in [1.29, 1.82) is 0 Å². The molecule has 0 aliphatic heterocycles. The summed E-state index contributed by atoms with van der Waals surface area (Å²) in [6, 6.07) is 0. The summed E-state index contributed by atoms with van der Waals surface area (Å²) in [5.41, 5.74) is 0. The molecule has 0 fully saturated rings. The first-order chi connectivity index (χ1) is 4.91. The third kappa shape index (κ3) is 6.49. The van der Waals surface area contributed by atoms with Crippen LogP contribution in [0.25, 0.3) is 0 Å². The van der Waals surface area contributed by atoms with Crippen molar-refractivity contribution in [3.8, 4) is 0 Å².